The summed E-state index contributed by atoms with van der Waals surface area (Å²) in [5.41, 5.74) is -0.193. The molecular formula is C12H6ClN3O2S. The van der Waals surface area contributed by atoms with Crippen LogP contribution in [0.5, 0.6) is 0 Å². The zero-order chi connectivity index (χ0) is 13.8. The number of hydrogen-bond acceptors (Lipinski definition) is 5. The number of nitro benzene ring substituents is 1. The molecule has 0 amide bonds. The summed E-state index contributed by atoms with van der Waals surface area (Å²) in [6, 6.07) is 9.54. The van der Waals surface area contributed by atoms with Gasteiger partial charge < -0.3 is 0 Å². The van der Waals surface area contributed by atoms with Gasteiger partial charge in [-0.25, -0.2) is 4.98 Å². The van der Waals surface area contributed by atoms with E-state index in [2.05, 4.69) is 4.98 Å². The molecular weight excluding hydrogens is 286 g/mol. The minimum absolute atomic E-state index is 0.0158. The zero-order valence-electron chi connectivity index (χ0n) is 9.41. The summed E-state index contributed by atoms with van der Waals surface area (Å²) in [5, 5.41) is 20.7. The Balaban J connectivity index is 2.36. The van der Waals surface area contributed by atoms with Gasteiger partial charge in [-0.3, -0.25) is 10.1 Å². The molecule has 7 heteroatoms. The molecule has 0 aliphatic heterocycles. The van der Waals surface area contributed by atoms with E-state index in [1.807, 2.05) is 6.07 Å². The quantitative estimate of drug-likeness (QED) is 0.637. The lowest BCUT2D eigenvalue weighted by Gasteiger charge is -2.03. The smallest absolute Gasteiger partial charge is 0.258 e. The molecule has 5 nitrogen and oxygen atoms in total. The summed E-state index contributed by atoms with van der Waals surface area (Å²) in [4.78, 5) is 14.9. The van der Waals surface area contributed by atoms with Gasteiger partial charge in [-0.2, -0.15) is 5.26 Å². The molecule has 0 atom stereocenters. The third-order valence-electron chi connectivity index (χ3n) is 2.22. The van der Waals surface area contributed by atoms with Crippen LogP contribution in [0.25, 0.3) is 0 Å². The fourth-order valence-electron chi connectivity index (χ4n) is 1.39. The van der Waals surface area contributed by atoms with E-state index in [0.29, 0.717) is 14.9 Å². The van der Waals surface area contributed by atoms with Crippen molar-refractivity contribution in [1.29, 1.82) is 5.26 Å². The maximum Gasteiger partial charge on any atom is 0.287 e. The second-order valence-electron chi connectivity index (χ2n) is 3.44. The molecule has 94 valence electrons. The van der Waals surface area contributed by atoms with Crippen LogP contribution in [0.3, 0.4) is 0 Å². The molecule has 1 aromatic heterocycles. The molecule has 2 aromatic rings. The summed E-state index contributed by atoms with van der Waals surface area (Å²) in [5.74, 6) is 0. The topological polar surface area (TPSA) is 79.8 Å². The van der Waals surface area contributed by atoms with Crippen LogP contribution in [-0.4, -0.2) is 9.91 Å². The van der Waals surface area contributed by atoms with Gasteiger partial charge >= 0.3 is 0 Å². The summed E-state index contributed by atoms with van der Waals surface area (Å²) < 4.78 is 0. The molecule has 0 bridgehead atoms. The standard InChI is InChI=1S/C12H6ClN3O2S/c13-10-2-1-5-15-12(10)19-9-3-4-11(16(17)18)8(6-9)7-14/h1-6H. The van der Waals surface area contributed by atoms with Crippen molar-refractivity contribution < 1.29 is 4.92 Å². The highest BCUT2D eigenvalue weighted by molar-refractivity contribution is 7.99. The van der Waals surface area contributed by atoms with Crippen LogP contribution in [0.2, 0.25) is 5.02 Å². The fraction of sp³-hybridized carbons (Fsp3) is 0. The first-order valence-corrected chi connectivity index (χ1v) is 6.28. The van der Waals surface area contributed by atoms with E-state index in [9.17, 15) is 10.1 Å². The monoisotopic (exact) mass is 291 g/mol. The summed E-state index contributed by atoms with van der Waals surface area (Å²) in [7, 11) is 0. The molecule has 0 fully saturated rings. The first-order valence-electron chi connectivity index (χ1n) is 5.08. The lowest BCUT2D eigenvalue weighted by Crippen LogP contribution is -1.92. The average Bonchev–Trinajstić information content (AvgIpc) is 2.41. The highest BCUT2D eigenvalue weighted by Crippen LogP contribution is 2.33. The maximum absolute atomic E-state index is 10.7. The molecule has 0 spiro atoms. The van der Waals surface area contributed by atoms with Crippen molar-refractivity contribution in [3.63, 3.8) is 0 Å². The molecule has 0 unspecified atom stereocenters. The Morgan fingerprint density at radius 3 is 2.84 bits per heavy atom. The van der Waals surface area contributed by atoms with Crippen LogP contribution >= 0.6 is 23.4 Å². The molecule has 0 saturated carbocycles. The van der Waals surface area contributed by atoms with Crippen molar-refractivity contribution in [2.45, 2.75) is 9.92 Å². The molecule has 19 heavy (non-hydrogen) atoms. The number of hydrogen-bond donors (Lipinski definition) is 0. The van der Waals surface area contributed by atoms with Gasteiger partial charge in [-0.15, -0.1) is 0 Å². The predicted molar refractivity (Wildman–Crippen MR) is 71.2 cm³/mol. The molecule has 0 radical (unpaired) electrons. The highest BCUT2D eigenvalue weighted by Gasteiger charge is 2.14. The fourth-order valence-corrected chi connectivity index (χ4v) is 2.44. The van der Waals surface area contributed by atoms with Gasteiger partial charge in [0.15, 0.2) is 0 Å². The summed E-state index contributed by atoms with van der Waals surface area (Å²) in [6.45, 7) is 0. The lowest BCUT2D eigenvalue weighted by molar-refractivity contribution is -0.385. The van der Waals surface area contributed by atoms with E-state index >= 15 is 0 Å². The van der Waals surface area contributed by atoms with Crippen LogP contribution in [0.15, 0.2) is 46.5 Å². The summed E-state index contributed by atoms with van der Waals surface area (Å²) in [6.07, 6.45) is 1.60. The second-order valence-corrected chi connectivity index (χ2v) is 4.91. The maximum atomic E-state index is 10.7. The van der Waals surface area contributed by atoms with E-state index in [1.165, 1.54) is 23.9 Å². The van der Waals surface area contributed by atoms with Crippen molar-refractivity contribution >= 4 is 29.1 Å². The third-order valence-corrected chi connectivity index (χ3v) is 3.65. The van der Waals surface area contributed by atoms with E-state index in [-0.39, 0.29) is 11.3 Å². The van der Waals surface area contributed by atoms with Crippen molar-refractivity contribution in [2.75, 3.05) is 0 Å². The Morgan fingerprint density at radius 2 is 2.21 bits per heavy atom. The van der Waals surface area contributed by atoms with Crippen LogP contribution in [0, 0.1) is 21.4 Å². The number of nitro groups is 1. The van der Waals surface area contributed by atoms with E-state index < -0.39 is 4.92 Å². The molecule has 0 aliphatic carbocycles. The molecule has 0 aliphatic rings. The highest BCUT2D eigenvalue weighted by atomic mass is 35.5. The Kier molecular flexibility index (Phi) is 4.00. The number of halogens is 1. The summed E-state index contributed by atoms with van der Waals surface area (Å²) >= 11 is 7.22. The number of nitriles is 1. The van der Waals surface area contributed by atoms with Gasteiger partial charge in [-0.05, 0) is 24.3 Å². The second kappa shape index (κ2) is 5.69. The molecule has 0 saturated heterocycles. The van der Waals surface area contributed by atoms with Gasteiger partial charge in [0.2, 0.25) is 0 Å². The number of aromatic nitrogens is 1. The van der Waals surface area contributed by atoms with Gasteiger partial charge in [0, 0.05) is 17.2 Å². The van der Waals surface area contributed by atoms with E-state index in [0.717, 1.165) is 0 Å². The van der Waals surface area contributed by atoms with Crippen LogP contribution in [0.4, 0.5) is 5.69 Å². The average molecular weight is 292 g/mol. The molecule has 2 rings (SSSR count). The number of pyridine rings is 1. The number of nitrogens with zero attached hydrogens (tertiary/aromatic N) is 3. The van der Waals surface area contributed by atoms with Crippen LogP contribution in [-0.2, 0) is 0 Å². The van der Waals surface area contributed by atoms with Gasteiger partial charge in [0.25, 0.3) is 5.69 Å². The largest absolute Gasteiger partial charge is 0.287 e. The van der Waals surface area contributed by atoms with Gasteiger partial charge in [0.1, 0.15) is 16.7 Å². The molecule has 1 heterocycles. The normalized spacial score (nSPS) is 9.89. The molecule has 1 aromatic carbocycles. The first-order chi connectivity index (χ1) is 9.11. The van der Waals surface area contributed by atoms with Gasteiger partial charge in [-0.1, -0.05) is 23.4 Å². The lowest BCUT2D eigenvalue weighted by atomic mass is 10.2. The predicted octanol–water partition coefficient (Wildman–Crippen LogP) is 3.67. The minimum Gasteiger partial charge on any atom is -0.258 e. The van der Waals surface area contributed by atoms with E-state index in [1.54, 1.807) is 24.4 Å². The van der Waals surface area contributed by atoms with Crippen molar-refractivity contribution in [3.05, 3.63) is 57.2 Å². The van der Waals surface area contributed by atoms with Crippen molar-refractivity contribution in [2.24, 2.45) is 0 Å². The minimum atomic E-state index is -0.583. The number of benzene rings is 1. The Morgan fingerprint density at radius 1 is 1.42 bits per heavy atom. The van der Waals surface area contributed by atoms with Crippen LogP contribution < -0.4 is 0 Å². The van der Waals surface area contributed by atoms with Crippen LogP contribution in [0.1, 0.15) is 5.56 Å². The Hall–Kier alpha value is -2.10. The third kappa shape index (κ3) is 3.02. The zero-order valence-corrected chi connectivity index (χ0v) is 11.0. The Bertz CT molecular complexity index is 685. The van der Waals surface area contributed by atoms with E-state index in [4.69, 9.17) is 16.9 Å². The Labute approximate surface area is 118 Å². The van der Waals surface area contributed by atoms with Crippen molar-refractivity contribution in [3.8, 4) is 6.07 Å². The first kappa shape index (κ1) is 13.3. The molecule has 0 N–H and O–H groups in total. The van der Waals surface area contributed by atoms with Crippen molar-refractivity contribution in [1.82, 2.24) is 4.98 Å². The van der Waals surface area contributed by atoms with Gasteiger partial charge in [0.05, 0.1) is 9.95 Å². The number of rotatable bonds is 3. The SMILES string of the molecule is N#Cc1cc(Sc2ncccc2Cl)ccc1[N+](=O)[O-].